The van der Waals surface area contributed by atoms with Crippen molar-refractivity contribution in [1.82, 2.24) is 4.57 Å². The van der Waals surface area contributed by atoms with Crippen molar-refractivity contribution in [1.29, 1.82) is 0 Å². The molecule has 2 aromatic rings. The van der Waals surface area contributed by atoms with Crippen molar-refractivity contribution in [3.8, 4) is 0 Å². The number of aliphatic imine (C=N–C) groups is 1. The Balaban J connectivity index is 2.09. The number of rotatable bonds is 1. The molecule has 0 aliphatic carbocycles. The van der Waals surface area contributed by atoms with E-state index in [9.17, 15) is 17.6 Å². The highest BCUT2D eigenvalue weighted by atomic mass is 19.4. The number of nitrogens with two attached hydrogens (primary N) is 1. The molecule has 116 valence electrons. The number of alkyl halides is 3. The molecule has 22 heavy (non-hydrogen) atoms. The predicted molar refractivity (Wildman–Crippen MR) is 73.9 cm³/mol. The molecule has 2 N–H and O–H groups in total. The number of fused-ring (bicyclic) bond motifs is 1. The molecule has 1 aliphatic heterocycles. The fourth-order valence-electron chi connectivity index (χ4n) is 2.75. The van der Waals surface area contributed by atoms with E-state index in [1.807, 2.05) is 0 Å². The Hall–Kier alpha value is -2.31. The van der Waals surface area contributed by atoms with Gasteiger partial charge in [0, 0.05) is 11.8 Å². The van der Waals surface area contributed by atoms with E-state index in [1.165, 1.54) is 10.6 Å². The van der Waals surface area contributed by atoms with Crippen LogP contribution in [0.3, 0.4) is 0 Å². The molecular formula is C15H13F4N3. The second-order valence-corrected chi connectivity index (χ2v) is 5.49. The molecule has 0 spiro atoms. The maximum atomic E-state index is 14.0. The Morgan fingerprint density at radius 1 is 1.27 bits per heavy atom. The average Bonchev–Trinajstić information content (AvgIpc) is 2.83. The summed E-state index contributed by atoms with van der Waals surface area (Å²) in [4.78, 5) is 4.25. The number of benzene rings is 1. The van der Waals surface area contributed by atoms with Gasteiger partial charge in [-0.2, -0.15) is 13.2 Å². The van der Waals surface area contributed by atoms with Crippen LogP contribution in [0.2, 0.25) is 0 Å². The molecule has 0 saturated carbocycles. The minimum atomic E-state index is -4.46. The van der Waals surface area contributed by atoms with E-state index in [0.717, 1.165) is 12.3 Å². The Labute approximate surface area is 124 Å². The summed E-state index contributed by atoms with van der Waals surface area (Å²) in [6, 6.07) is 7.01. The van der Waals surface area contributed by atoms with Crippen LogP contribution < -0.4 is 5.73 Å². The molecule has 1 aliphatic rings. The summed E-state index contributed by atoms with van der Waals surface area (Å²) in [5.74, 6) is -0.499. The Morgan fingerprint density at radius 2 is 1.95 bits per heavy atom. The van der Waals surface area contributed by atoms with Gasteiger partial charge in [-0.3, -0.25) is 4.99 Å². The normalized spacial score (nSPS) is 21.4. The lowest BCUT2D eigenvalue weighted by molar-refractivity contribution is -0.137. The van der Waals surface area contributed by atoms with Gasteiger partial charge in [0.1, 0.15) is 17.2 Å². The van der Waals surface area contributed by atoms with Crippen LogP contribution in [0.1, 0.15) is 23.7 Å². The van der Waals surface area contributed by atoms with Crippen molar-refractivity contribution in [3.05, 3.63) is 59.2 Å². The average molecular weight is 311 g/mol. The number of halogens is 4. The van der Waals surface area contributed by atoms with Gasteiger partial charge < -0.3 is 10.3 Å². The van der Waals surface area contributed by atoms with Gasteiger partial charge in [0.2, 0.25) is 0 Å². The van der Waals surface area contributed by atoms with E-state index in [0.29, 0.717) is 5.56 Å². The fraction of sp³-hybridized carbons (Fsp3) is 0.267. The topological polar surface area (TPSA) is 43.3 Å². The summed E-state index contributed by atoms with van der Waals surface area (Å²) >= 11 is 0. The molecule has 0 fully saturated rings. The molecular weight excluding hydrogens is 298 g/mol. The van der Waals surface area contributed by atoms with Crippen molar-refractivity contribution in [3.63, 3.8) is 0 Å². The zero-order valence-electron chi connectivity index (χ0n) is 11.7. The van der Waals surface area contributed by atoms with Crippen LogP contribution >= 0.6 is 0 Å². The Kier molecular flexibility index (Phi) is 3.05. The molecule has 0 radical (unpaired) electrons. The molecule has 3 nitrogen and oxygen atoms in total. The van der Waals surface area contributed by atoms with Gasteiger partial charge in [-0.25, -0.2) is 4.39 Å². The smallest absolute Gasteiger partial charge is 0.382 e. The van der Waals surface area contributed by atoms with Crippen LogP contribution in [0.4, 0.5) is 17.6 Å². The van der Waals surface area contributed by atoms with Crippen molar-refractivity contribution in [2.24, 2.45) is 10.7 Å². The highest BCUT2D eigenvalue weighted by Crippen LogP contribution is 2.36. The van der Waals surface area contributed by atoms with Crippen LogP contribution in [0.25, 0.3) is 0 Å². The van der Waals surface area contributed by atoms with Gasteiger partial charge in [0.15, 0.2) is 0 Å². The van der Waals surface area contributed by atoms with Gasteiger partial charge >= 0.3 is 6.18 Å². The standard InChI is InChI=1S/C15H13F4N3/c1-14(10-4-2-3-5-11(10)16)8-22-7-9(15(17,18)19)6-12(22)13(20)21-14/h2-7H,8H2,1H3,(H2,20,21). The van der Waals surface area contributed by atoms with Gasteiger partial charge in [0.25, 0.3) is 0 Å². The van der Waals surface area contributed by atoms with Crippen molar-refractivity contribution in [2.75, 3.05) is 0 Å². The third kappa shape index (κ3) is 2.26. The van der Waals surface area contributed by atoms with Crippen molar-refractivity contribution in [2.45, 2.75) is 25.2 Å². The summed E-state index contributed by atoms with van der Waals surface area (Å²) in [5.41, 5.74) is 4.45. The van der Waals surface area contributed by atoms with E-state index < -0.39 is 23.1 Å². The summed E-state index contributed by atoms with van der Waals surface area (Å²) in [5, 5.41) is 0. The monoisotopic (exact) mass is 311 g/mol. The Morgan fingerprint density at radius 3 is 2.59 bits per heavy atom. The highest BCUT2D eigenvalue weighted by Gasteiger charge is 2.38. The van der Waals surface area contributed by atoms with E-state index in [-0.39, 0.29) is 18.1 Å². The minimum Gasteiger partial charge on any atom is -0.382 e. The minimum absolute atomic E-state index is 0.0347. The van der Waals surface area contributed by atoms with Crippen molar-refractivity contribution >= 4 is 5.84 Å². The first kappa shape index (κ1) is 14.6. The van der Waals surface area contributed by atoms with Crippen molar-refractivity contribution < 1.29 is 17.6 Å². The number of hydrogen-bond acceptors (Lipinski definition) is 2. The number of aromatic nitrogens is 1. The second-order valence-electron chi connectivity index (χ2n) is 5.49. The molecule has 1 aromatic carbocycles. The van der Waals surface area contributed by atoms with E-state index in [4.69, 9.17) is 5.73 Å². The number of hydrogen-bond donors (Lipinski definition) is 1. The zero-order chi connectivity index (χ0) is 16.1. The molecule has 0 bridgehead atoms. The SMILES string of the molecule is CC1(c2ccccc2F)Cn2cc(C(F)(F)F)cc2C(N)=N1. The summed E-state index contributed by atoms with van der Waals surface area (Å²) in [6.45, 7) is 1.73. The summed E-state index contributed by atoms with van der Waals surface area (Å²) in [6.07, 6.45) is -3.48. The van der Waals surface area contributed by atoms with E-state index in [1.54, 1.807) is 25.1 Å². The quantitative estimate of drug-likeness (QED) is 0.807. The largest absolute Gasteiger partial charge is 0.417 e. The number of amidine groups is 1. The van der Waals surface area contributed by atoms with Crippen LogP contribution in [-0.4, -0.2) is 10.4 Å². The first-order valence-electron chi connectivity index (χ1n) is 6.59. The molecule has 1 aromatic heterocycles. The Bertz CT molecular complexity index is 760. The fourth-order valence-corrected chi connectivity index (χ4v) is 2.75. The van der Waals surface area contributed by atoms with Crippen LogP contribution in [-0.2, 0) is 18.3 Å². The molecule has 0 saturated heterocycles. The molecule has 7 heteroatoms. The van der Waals surface area contributed by atoms with Gasteiger partial charge in [-0.15, -0.1) is 0 Å². The molecule has 2 heterocycles. The maximum absolute atomic E-state index is 14.0. The van der Waals surface area contributed by atoms with Gasteiger partial charge in [-0.1, -0.05) is 18.2 Å². The molecule has 3 rings (SSSR count). The number of nitrogens with zero attached hydrogens (tertiary/aromatic N) is 2. The third-order valence-corrected chi connectivity index (χ3v) is 3.79. The second kappa shape index (κ2) is 4.59. The summed E-state index contributed by atoms with van der Waals surface area (Å²) in [7, 11) is 0. The van der Waals surface area contributed by atoms with Crippen LogP contribution in [0.15, 0.2) is 41.5 Å². The first-order valence-corrected chi connectivity index (χ1v) is 6.59. The lowest BCUT2D eigenvalue weighted by Crippen LogP contribution is -2.37. The highest BCUT2D eigenvalue weighted by molar-refractivity contribution is 5.97. The zero-order valence-corrected chi connectivity index (χ0v) is 11.7. The lowest BCUT2D eigenvalue weighted by atomic mass is 9.90. The van der Waals surface area contributed by atoms with Crippen LogP contribution in [0, 0.1) is 5.82 Å². The van der Waals surface area contributed by atoms with E-state index in [2.05, 4.69) is 4.99 Å². The molecule has 1 unspecified atom stereocenters. The van der Waals surface area contributed by atoms with Gasteiger partial charge in [-0.05, 0) is 19.1 Å². The third-order valence-electron chi connectivity index (χ3n) is 3.79. The predicted octanol–water partition coefficient (Wildman–Crippen LogP) is 3.28. The van der Waals surface area contributed by atoms with Gasteiger partial charge in [0.05, 0.1) is 17.8 Å². The van der Waals surface area contributed by atoms with E-state index >= 15 is 0 Å². The molecule has 0 amide bonds. The first-order chi connectivity index (χ1) is 10.2. The lowest BCUT2D eigenvalue weighted by Gasteiger charge is -2.32. The molecule has 1 atom stereocenters. The van der Waals surface area contributed by atoms with Crippen LogP contribution in [0.5, 0.6) is 0 Å². The summed E-state index contributed by atoms with van der Waals surface area (Å²) < 4.78 is 53.9. The maximum Gasteiger partial charge on any atom is 0.417 e.